The third-order valence-corrected chi connectivity index (χ3v) is 2.15. The molecular formula is C11H13ClN4O2. The number of hydrogen-bond donors (Lipinski definition) is 1. The minimum absolute atomic E-state index is 0.256. The average Bonchev–Trinajstić information content (AvgIpc) is 2.61. The number of anilines is 1. The van der Waals surface area contributed by atoms with E-state index in [-0.39, 0.29) is 5.15 Å². The van der Waals surface area contributed by atoms with E-state index in [4.69, 9.17) is 16.3 Å². The molecule has 0 unspecified atom stereocenters. The predicted octanol–water partition coefficient (Wildman–Crippen LogP) is 2.73. The van der Waals surface area contributed by atoms with Gasteiger partial charge in [0.1, 0.15) is 5.60 Å². The van der Waals surface area contributed by atoms with Crippen molar-refractivity contribution in [2.45, 2.75) is 26.4 Å². The second-order valence-electron chi connectivity index (χ2n) is 4.70. The molecule has 1 N–H and O–H groups in total. The molecule has 0 bridgehead atoms. The van der Waals surface area contributed by atoms with E-state index >= 15 is 0 Å². The zero-order valence-corrected chi connectivity index (χ0v) is 11.0. The fourth-order valence-electron chi connectivity index (χ4n) is 1.39. The van der Waals surface area contributed by atoms with Crippen LogP contribution >= 0.6 is 11.6 Å². The molecule has 0 atom stereocenters. The fourth-order valence-corrected chi connectivity index (χ4v) is 1.58. The van der Waals surface area contributed by atoms with E-state index in [2.05, 4.69) is 15.4 Å². The molecule has 0 saturated heterocycles. The molecule has 0 radical (unpaired) electrons. The van der Waals surface area contributed by atoms with Gasteiger partial charge in [-0.1, -0.05) is 11.6 Å². The van der Waals surface area contributed by atoms with Crippen molar-refractivity contribution in [2.24, 2.45) is 0 Å². The number of rotatable bonds is 1. The highest BCUT2D eigenvalue weighted by atomic mass is 35.5. The number of nitrogens with zero attached hydrogens (tertiary/aromatic N) is 3. The van der Waals surface area contributed by atoms with Crippen LogP contribution in [-0.2, 0) is 4.74 Å². The van der Waals surface area contributed by atoms with Crippen molar-refractivity contribution in [3.05, 3.63) is 23.6 Å². The van der Waals surface area contributed by atoms with E-state index in [0.717, 1.165) is 0 Å². The van der Waals surface area contributed by atoms with E-state index in [1.54, 1.807) is 33.2 Å². The van der Waals surface area contributed by atoms with Gasteiger partial charge in [0, 0.05) is 18.5 Å². The topological polar surface area (TPSA) is 68.5 Å². The highest BCUT2D eigenvalue weighted by Gasteiger charge is 2.17. The average molecular weight is 269 g/mol. The third-order valence-electron chi connectivity index (χ3n) is 1.96. The van der Waals surface area contributed by atoms with Crippen molar-refractivity contribution in [2.75, 3.05) is 5.32 Å². The number of hydrogen-bond acceptors (Lipinski definition) is 4. The summed E-state index contributed by atoms with van der Waals surface area (Å²) in [5, 5.41) is 6.86. The van der Waals surface area contributed by atoms with Crippen LogP contribution in [0.4, 0.5) is 10.5 Å². The summed E-state index contributed by atoms with van der Waals surface area (Å²) in [6.07, 6.45) is 2.65. The monoisotopic (exact) mass is 268 g/mol. The Morgan fingerprint density at radius 2 is 2.22 bits per heavy atom. The zero-order valence-electron chi connectivity index (χ0n) is 10.3. The molecule has 1 amide bonds. The molecule has 0 aromatic carbocycles. The van der Waals surface area contributed by atoms with Gasteiger partial charge >= 0.3 is 6.09 Å². The van der Waals surface area contributed by atoms with Crippen molar-refractivity contribution in [1.29, 1.82) is 0 Å². The summed E-state index contributed by atoms with van der Waals surface area (Å²) in [5.74, 6) is 0. The molecular weight excluding hydrogens is 256 g/mol. The van der Waals surface area contributed by atoms with Crippen LogP contribution in [0.5, 0.6) is 0 Å². The van der Waals surface area contributed by atoms with Crippen molar-refractivity contribution in [3.63, 3.8) is 0 Å². The van der Waals surface area contributed by atoms with E-state index in [1.807, 2.05) is 0 Å². The van der Waals surface area contributed by atoms with Gasteiger partial charge in [-0.2, -0.15) is 5.10 Å². The van der Waals surface area contributed by atoms with Gasteiger partial charge < -0.3 is 4.74 Å². The predicted molar refractivity (Wildman–Crippen MR) is 67.9 cm³/mol. The molecule has 18 heavy (non-hydrogen) atoms. The molecule has 0 aliphatic heterocycles. The Balaban J connectivity index is 2.26. The lowest BCUT2D eigenvalue weighted by atomic mass is 10.2. The first-order chi connectivity index (χ1) is 8.35. The Morgan fingerprint density at radius 1 is 1.50 bits per heavy atom. The minimum Gasteiger partial charge on any atom is -0.444 e. The summed E-state index contributed by atoms with van der Waals surface area (Å²) in [5.41, 5.74) is 0.395. The van der Waals surface area contributed by atoms with Gasteiger partial charge in [-0.25, -0.2) is 14.3 Å². The van der Waals surface area contributed by atoms with Gasteiger partial charge in [0.15, 0.2) is 10.8 Å². The second-order valence-corrected chi connectivity index (χ2v) is 5.09. The normalized spacial score (nSPS) is 11.6. The maximum absolute atomic E-state index is 11.7. The molecule has 6 nitrogen and oxygen atoms in total. The maximum atomic E-state index is 11.7. The van der Waals surface area contributed by atoms with Crippen LogP contribution in [0.3, 0.4) is 0 Å². The van der Waals surface area contributed by atoms with Crippen LogP contribution < -0.4 is 5.32 Å². The summed E-state index contributed by atoms with van der Waals surface area (Å²) in [6.45, 7) is 5.37. The van der Waals surface area contributed by atoms with Gasteiger partial charge in [-0.05, 0) is 20.8 Å². The lowest BCUT2D eigenvalue weighted by molar-refractivity contribution is 0.0636. The molecule has 0 aliphatic rings. The van der Waals surface area contributed by atoms with E-state index in [9.17, 15) is 4.79 Å². The SMILES string of the molecule is CC(C)(C)OC(=O)Nc1cc(Cl)nn2ccnc12. The van der Waals surface area contributed by atoms with Crippen molar-refractivity contribution in [1.82, 2.24) is 14.6 Å². The van der Waals surface area contributed by atoms with E-state index < -0.39 is 11.7 Å². The van der Waals surface area contributed by atoms with Crippen LogP contribution in [0.25, 0.3) is 5.65 Å². The van der Waals surface area contributed by atoms with E-state index in [0.29, 0.717) is 11.3 Å². The van der Waals surface area contributed by atoms with E-state index in [1.165, 1.54) is 10.6 Å². The maximum Gasteiger partial charge on any atom is 0.412 e. The van der Waals surface area contributed by atoms with Crippen LogP contribution in [-0.4, -0.2) is 26.3 Å². The fraction of sp³-hybridized carbons (Fsp3) is 0.364. The van der Waals surface area contributed by atoms with Crippen LogP contribution in [0, 0.1) is 0 Å². The highest BCUT2D eigenvalue weighted by molar-refractivity contribution is 6.29. The molecule has 2 heterocycles. The van der Waals surface area contributed by atoms with Crippen LogP contribution in [0.15, 0.2) is 18.5 Å². The Kier molecular flexibility index (Phi) is 3.13. The minimum atomic E-state index is -0.563. The highest BCUT2D eigenvalue weighted by Crippen LogP contribution is 2.19. The molecule has 2 aromatic rings. The zero-order chi connectivity index (χ0) is 13.3. The van der Waals surface area contributed by atoms with Crippen LogP contribution in [0.2, 0.25) is 5.15 Å². The summed E-state index contributed by atoms with van der Waals surface area (Å²) in [7, 11) is 0. The van der Waals surface area contributed by atoms with Crippen LogP contribution in [0.1, 0.15) is 20.8 Å². The molecule has 96 valence electrons. The number of halogens is 1. The molecule has 0 fully saturated rings. The summed E-state index contributed by atoms with van der Waals surface area (Å²) in [4.78, 5) is 15.8. The first-order valence-corrected chi connectivity index (χ1v) is 5.73. The Morgan fingerprint density at radius 3 is 2.89 bits per heavy atom. The van der Waals surface area contributed by atoms with Gasteiger partial charge in [-0.15, -0.1) is 0 Å². The van der Waals surface area contributed by atoms with Gasteiger partial charge in [0.05, 0.1) is 5.69 Å². The Bertz CT molecular complexity index is 588. The number of fused-ring (bicyclic) bond motifs is 1. The van der Waals surface area contributed by atoms with Gasteiger partial charge in [-0.3, -0.25) is 5.32 Å². The molecule has 2 rings (SSSR count). The third kappa shape index (κ3) is 2.89. The number of amides is 1. The summed E-state index contributed by atoms with van der Waals surface area (Å²) >= 11 is 5.85. The van der Waals surface area contributed by atoms with Crippen molar-refractivity contribution in [3.8, 4) is 0 Å². The molecule has 0 aliphatic carbocycles. The number of nitrogens with one attached hydrogen (secondary N) is 1. The number of imidazole rings is 1. The van der Waals surface area contributed by atoms with Crippen molar-refractivity contribution >= 4 is 29.0 Å². The van der Waals surface area contributed by atoms with Crippen molar-refractivity contribution < 1.29 is 9.53 Å². The van der Waals surface area contributed by atoms with Gasteiger partial charge in [0.2, 0.25) is 0 Å². The number of carbonyl (C=O) groups excluding carboxylic acids is 1. The quantitative estimate of drug-likeness (QED) is 0.863. The summed E-state index contributed by atoms with van der Waals surface area (Å²) < 4.78 is 6.64. The number of aromatic nitrogens is 3. The first kappa shape index (κ1) is 12.6. The summed E-state index contributed by atoms with van der Waals surface area (Å²) in [6, 6.07) is 1.52. The standard InChI is InChI=1S/C11H13ClN4O2/c1-11(2,3)18-10(17)14-7-6-8(12)15-16-5-4-13-9(7)16/h4-6H,1-3H3,(H,14,17). The number of ether oxygens (including phenoxy) is 1. The second kappa shape index (κ2) is 4.45. The Labute approximate surface area is 109 Å². The number of carbonyl (C=O) groups is 1. The van der Waals surface area contributed by atoms with Gasteiger partial charge in [0.25, 0.3) is 0 Å². The lowest BCUT2D eigenvalue weighted by Gasteiger charge is -2.19. The first-order valence-electron chi connectivity index (χ1n) is 5.35. The molecule has 0 spiro atoms. The lowest BCUT2D eigenvalue weighted by Crippen LogP contribution is -2.27. The smallest absolute Gasteiger partial charge is 0.412 e. The Hall–Kier alpha value is -1.82. The largest absolute Gasteiger partial charge is 0.444 e. The molecule has 7 heteroatoms. The molecule has 2 aromatic heterocycles. The molecule has 0 saturated carbocycles.